The number of amides is 1. The van der Waals surface area contributed by atoms with Crippen LogP contribution in [-0.4, -0.2) is 53.9 Å². The van der Waals surface area contributed by atoms with Crippen LogP contribution in [0.2, 0.25) is 0 Å². The van der Waals surface area contributed by atoms with Crippen LogP contribution in [0.4, 0.5) is 22.0 Å². The summed E-state index contributed by atoms with van der Waals surface area (Å²) in [4.78, 5) is 22.4. The van der Waals surface area contributed by atoms with Crippen molar-refractivity contribution < 1.29 is 26.7 Å². The number of rotatable bonds is 11. The Balaban J connectivity index is 0.00000316. The number of hydrogen-bond donors (Lipinski definition) is 0. The molecule has 2 aliphatic heterocycles. The van der Waals surface area contributed by atoms with E-state index in [2.05, 4.69) is 23.1 Å². The maximum absolute atomic E-state index is 13.8. The van der Waals surface area contributed by atoms with Crippen LogP contribution in [0.25, 0.3) is 0 Å². The molecule has 0 aliphatic carbocycles. The van der Waals surface area contributed by atoms with E-state index in [4.69, 9.17) is 0 Å². The molecule has 4 nitrogen and oxygen atoms in total. The Morgan fingerprint density at radius 1 is 1.09 bits per heavy atom. The number of carbonyl (C=O) groups excluding carboxylic acids is 1. The van der Waals surface area contributed by atoms with Crippen molar-refractivity contribution in [3.8, 4) is 0 Å². The molecule has 236 valence electrons. The first-order valence-electron chi connectivity index (χ1n) is 14.8. The molecule has 1 aromatic rings. The predicted octanol–water partition coefficient (Wildman–Crippen LogP) is 8.71. The summed E-state index contributed by atoms with van der Waals surface area (Å²) in [6, 6.07) is 5.47. The topological polar surface area (TPSA) is 35.9 Å². The van der Waals surface area contributed by atoms with Crippen LogP contribution >= 0.6 is 0 Å². The van der Waals surface area contributed by atoms with Gasteiger partial charge < -0.3 is 4.90 Å². The Morgan fingerprint density at radius 2 is 1.70 bits per heavy atom. The molecule has 9 heteroatoms. The summed E-state index contributed by atoms with van der Waals surface area (Å²) in [5.41, 5.74) is 0.0842. The Morgan fingerprint density at radius 3 is 2.23 bits per heavy atom. The van der Waals surface area contributed by atoms with Gasteiger partial charge >= 0.3 is 6.18 Å². The van der Waals surface area contributed by atoms with Gasteiger partial charge in [0.1, 0.15) is 17.5 Å². The Hall–Kier alpha value is -3.33. The lowest BCUT2D eigenvalue weighted by atomic mass is 9.82. The number of amidine groups is 1. The Bertz CT molecular complexity index is 1240. The van der Waals surface area contributed by atoms with E-state index < -0.39 is 29.3 Å². The molecule has 1 saturated heterocycles. The van der Waals surface area contributed by atoms with Crippen molar-refractivity contribution in [2.75, 3.05) is 26.2 Å². The summed E-state index contributed by atoms with van der Waals surface area (Å²) in [5.74, 6) is -2.28. The maximum Gasteiger partial charge on any atom is 0.394 e. The van der Waals surface area contributed by atoms with Gasteiger partial charge in [0.25, 0.3) is 5.91 Å². The first kappa shape index (κ1) is 35.9. The van der Waals surface area contributed by atoms with E-state index in [1.807, 2.05) is 26.8 Å². The van der Waals surface area contributed by atoms with Gasteiger partial charge in [-0.1, -0.05) is 70.4 Å². The number of likely N-dealkylation sites (tertiary alicyclic amines) is 1. The van der Waals surface area contributed by atoms with Crippen molar-refractivity contribution in [3.05, 3.63) is 96.2 Å². The van der Waals surface area contributed by atoms with E-state index in [0.717, 1.165) is 51.0 Å². The van der Waals surface area contributed by atoms with E-state index >= 15 is 0 Å². The summed E-state index contributed by atoms with van der Waals surface area (Å²) in [7, 11) is 0. The normalized spacial score (nSPS) is 21.3. The molecular formula is C34H44F5N3O. The highest BCUT2D eigenvalue weighted by atomic mass is 19.4. The van der Waals surface area contributed by atoms with Gasteiger partial charge in [-0.3, -0.25) is 9.69 Å². The third-order valence-electron chi connectivity index (χ3n) is 7.81. The lowest BCUT2D eigenvalue weighted by Gasteiger charge is -2.33. The van der Waals surface area contributed by atoms with E-state index in [0.29, 0.717) is 24.4 Å². The third kappa shape index (κ3) is 9.08. The molecule has 0 saturated carbocycles. The third-order valence-corrected chi connectivity index (χ3v) is 7.81. The molecule has 2 unspecified atom stereocenters. The number of benzene rings is 1. The van der Waals surface area contributed by atoms with Crippen LogP contribution in [0, 0.1) is 17.7 Å². The van der Waals surface area contributed by atoms with Crippen molar-refractivity contribution >= 4 is 11.7 Å². The van der Waals surface area contributed by atoms with Gasteiger partial charge in [-0.25, -0.2) is 13.8 Å². The maximum atomic E-state index is 13.8. The molecule has 43 heavy (non-hydrogen) atoms. The summed E-state index contributed by atoms with van der Waals surface area (Å²) in [6.45, 7) is 18.7. The van der Waals surface area contributed by atoms with Crippen molar-refractivity contribution in [3.63, 3.8) is 0 Å². The van der Waals surface area contributed by atoms with Gasteiger partial charge in [0.2, 0.25) is 0 Å². The molecule has 1 aromatic carbocycles. The molecule has 0 bridgehead atoms. The molecular weight excluding hydrogens is 561 g/mol. The largest absolute Gasteiger partial charge is 0.394 e. The Kier molecular flexibility index (Phi) is 13.3. The zero-order chi connectivity index (χ0) is 32.4. The highest BCUT2D eigenvalue weighted by Crippen LogP contribution is 2.40. The number of aliphatic imine (C=N–C) groups is 1. The quantitative estimate of drug-likeness (QED) is 0.187. The van der Waals surface area contributed by atoms with E-state index in [-0.39, 0.29) is 17.4 Å². The van der Waals surface area contributed by atoms with Gasteiger partial charge in [-0.15, -0.1) is 0 Å². The van der Waals surface area contributed by atoms with E-state index in [1.165, 1.54) is 36.4 Å². The molecule has 0 N–H and O–H groups in total. The van der Waals surface area contributed by atoms with Crippen LogP contribution < -0.4 is 0 Å². The minimum atomic E-state index is -4.25. The first-order valence-corrected chi connectivity index (χ1v) is 14.8. The first-order chi connectivity index (χ1) is 20.3. The van der Waals surface area contributed by atoms with Gasteiger partial charge in [0, 0.05) is 6.54 Å². The van der Waals surface area contributed by atoms with Crippen LogP contribution in [0.5, 0.6) is 0 Å². The average Bonchev–Trinajstić information content (AvgIpc) is 3.23. The monoisotopic (exact) mass is 605 g/mol. The predicted molar refractivity (Wildman–Crippen MR) is 165 cm³/mol. The molecule has 2 atom stereocenters. The van der Waals surface area contributed by atoms with Crippen LogP contribution in [0.1, 0.15) is 59.4 Å². The fourth-order valence-corrected chi connectivity index (χ4v) is 5.32. The van der Waals surface area contributed by atoms with Crippen LogP contribution in [-0.2, 0) is 10.3 Å². The summed E-state index contributed by atoms with van der Waals surface area (Å²) in [5, 5.41) is 0. The van der Waals surface area contributed by atoms with Gasteiger partial charge in [0.05, 0.1) is 5.92 Å². The standard InChI is InChI=1S/C32H38F5N3O.C2H6/c1-6-26(11-9-23(3)32(35,36)37)27-16-20-39(21-17-27)18-7-19-40-25(5)38-31(30(40)41,22(2)8-10-24(4)33)28-12-14-29(34)15-13-28;1-2/h6,8-15,23,27H,2,4,7,16-21H2,1,3,5H3;1-2H3/b10-8-,11-9-,26-6+;. The molecule has 3 rings (SSSR count). The van der Waals surface area contributed by atoms with Crippen molar-refractivity contribution in [2.45, 2.75) is 65.6 Å². The summed E-state index contributed by atoms with van der Waals surface area (Å²) in [6.07, 6.45) is 5.32. The zero-order valence-electron chi connectivity index (χ0n) is 25.9. The van der Waals surface area contributed by atoms with Crippen molar-refractivity contribution in [1.82, 2.24) is 9.80 Å². The second kappa shape index (κ2) is 15.9. The van der Waals surface area contributed by atoms with Gasteiger partial charge in [-0.2, -0.15) is 13.2 Å². The average molecular weight is 606 g/mol. The molecule has 2 heterocycles. The molecule has 1 fully saturated rings. The minimum Gasteiger partial charge on any atom is -0.303 e. The number of alkyl halides is 3. The summed E-state index contributed by atoms with van der Waals surface area (Å²) >= 11 is 0. The molecule has 0 spiro atoms. The van der Waals surface area contributed by atoms with E-state index in [1.54, 1.807) is 17.9 Å². The number of halogens is 5. The number of piperidine rings is 1. The van der Waals surface area contributed by atoms with Crippen LogP contribution in [0.3, 0.4) is 0 Å². The lowest BCUT2D eigenvalue weighted by Crippen LogP contribution is -2.43. The SMILES string of the molecule is C=C(F)/C=C\C(=C)C1(c2ccc(F)cc2)N=C(C)N(CCCN2CCC(C(/C=C\C(C)C(F)(F)F)=C/C)CC2)C1=O.CC. The molecule has 0 aromatic heterocycles. The number of nitrogens with zero attached hydrogens (tertiary/aromatic N) is 3. The van der Waals surface area contributed by atoms with E-state index in [9.17, 15) is 26.7 Å². The number of hydrogen-bond acceptors (Lipinski definition) is 3. The Labute approximate surface area is 253 Å². The zero-order valence-corrected chi connectivity index (χ0v) is 25.9. The second-order valence-electron chi connectivity index (χ2n) is 10.6. The molecule has 1 amide bonds. The van der Waals surface area contributed by atoms with Crippen molar-refractivity contribution in [1.29, 1.82) is 0 Å². The van der Waals surface area contributed by atoms with Gasteiger partial charge in [-0.05, 0) is 93.6 Å². The number of carbonyl (C=O) groups is 1. The fraction of sp³-hybridized carbons (Fsp3) is 0.471. The van der Waals surface area contributed by atoms with Crippen molar-refractivity contribution in [2.24, 2.45) is 16.8 Å². The lowest BCUT2D eigenvalue weighted by molar-refractivity contribution is -0.156. The number of allylic oxidation sites excluding steroid dienone is 6. The highest BCUT2D eigenvalue weighted by molar-refractivity contribution is 6.09. The summed E-state index contributed by atoms with van der Waals surface area (Å²) < 4.78 is 65.7. The minimum absolute atomic E-state index is 0.207. The molecule has 0 radical (unpaired) electrons. The van der Waals surface area contributed by atoms with Gasteiger partial charge in [0.15, 0.2) is 5.54 Å². The fourth-order valence-electron chi connectivity index (χ4n) is 5.32. The highest BCUT2D eigenvalue weighted by Gasteiger charge is 2.49. The van der Waals surface area contributed by atoms with Crippen LogP contribution in [0.15, 0.2) is 89.8 Å². The molecule has 2 aliphatic rings. The second-order valence-corrected chi connectivity index (χ2v) is 10.6. The smallest absolute Gasteiger partial charge is 0.303 e.